The minimum Gasteiger partial charge on any atom is -0.452 e. The molecule has 144 valence electrons. The van der Waals surface area contributed by atoms with Gasteiger partial charge < -0.3 is 14.8 Å². The van der Waals surface area contributed by atoms with Gasteiger partial charge in [0.25, 0.3) is 5.91 Å². The zero-order chi connectivity index (χ0) is 19.8. The Morgan fingerprint density at radius 3 is 2.22 bits per heavy atom. The Labute approximate surface area is 151 Å². The molecule has 5 nitrogen and oxygen atoms in total. The molecule has 1 amide bonds. The summed E-state index contributed by atoms with van der Waals surface area (Å²) in [6.07, 6.45) is 0.386. The van der Waals surface area contributed by atoms with Crippen molar-refractivity contribution in [1.29, 1.82) is 0 Å². The Morgan fingerprint density at radius 1 is 1.00 bits per heavy atom. The van der Waals surface area contributed by atoms with E-state index in [1.54, 1.807) is 12.1 Å². The first-order chi connectivity index (χ1) is 12.9. The van der Waals surface area contributed by atoms with Crippen LogP contribution in [0.3, 0.4) is 0 Å². The lowest BCUT2D eigenvalue weighted by Gasteiger charge is -2.08. The average Bonchev–Trinajstić information content (AvgIpc) is 2.61. The Morgan fingerprint density at radius 2 is 1.63 bits per heavy atom. The number of hydrogen-bond donors (Lipinski definition) is 1. The minimum absolute atomic E-state index is 0.0186. The molecule has 27 heavy (non-hydrogen) atoms. The molecule has 2 aromatic carbocycles. The van der Waals surface area contributed by atoms with Crippen molar-refractivity contribution in [2.75, 3.05) is 13.2 Å². The molecule has 9 heteroatoms. The summed E-state index contributed by atoms with van der Waals surface area (Å²) in [6.45, 7) is -3.43. The van der Waals surface area contributed by atoms with Crippen LogP contribution in [0.15, 0.2) is 42.5 Å². The van der Waals surface area contributed by atoms with Gasteiger partial charge in [-0.25, -0.2) is 13.6 Å². The van der Waals surface area contributed by atoms with E-state index in [1.165, 1.54) is 12.1 Å². The largest absolute Gasteiger partial charge is 0.452 e. The van der Waals surface area contributed by atoms with E-state index in [-0.39, 0.29) is 12.3 Å². The molecule has 0 radical (unpaired) electrons. The van der Waals surface area contributed by atoms with Gasteiger partial charge in [-0.2, -0.15) is 8.78 Å². The standard InChI is InChI=1S/C18H15F4NO4/c19-13-2-1-3-14(20)16(13)17(25)26-10-15(24)23-9-8-11-4-6-12(7-5-11)27-18(21)22/h1-7,18H,8-10H2,(H,23,24). The van der Waals surface area contributed by atoms with E-state index in [0.29, 0.717) is 6.42 Å². The second-order valence-corrected chi connectivity index (χ2v) is 5.30. The third-order valence-corrected chi connectivity index (χ3v) is 3.39. The van der Waals surface area contributed by atoms with Crippen molar-refractivity contribution in [2.45, 2.75) is 13.0 Å². The van der Waals surface area contributed by atoms with Crippen molar-refractivity contribution in [3.63, 3.8) is 0 Å². The molecule has 0 aliphatic rings. The van der Waals surface area contributed by atoms with Crippen molar-refractivity contribution in [3.05, 3.63) is 65.2 Å². The number of carbonyl (C=O) groups is 2. The van der Waals surface area contributed by atoms with Gasteiger partial charge in [-0.05, 0) is 36.2 Å². The molecule has 0 unspecified atom stereocenters. The first-order valence-electron chi connectivity index (χ1n) is 7.78. The van der Waals surface area contributed by atoms with Gasteiger partial charge in [0, 0.05) is 6.54 Å². The molecule has 2 rings (SSSR count). The number of halogens is 4. The molecule has 0 spiro atoms. The van der Waals surface area contributed by atoms with Crippen molar-refractivity contribution < 1.29 is 36.6 Å². The molecule has 1 N–H and O–H groups in total. The van der Waals surface area contributed by atoms with Gasteiger partial charge in [0.1, 0.15) is 22.9 Å². The molecule has 0 heterocycles. The first kappa shape index (κ1) is 20.2. The molecule has 2 aromatic rings. The maximum atomic E-state index is 13.4. The van der Waals surface area contributed by atoms with E-state index in [2.05, 4.69) is 14.8 Å². The topological polar surface area (TPSA) is 64.6 Å². The molecule has 0 fully saturated rings. The summed E-state index contributed by atoms with van der Waals surface area (Å²) in [5.74, 6) is -4.09. The molecular formula is C18H15F4NO4. The third-order valence-electron chi connectivity index (χ3n) is 3.39. The molecular weight excluding hydrogens is 370 g/mol. The van der Waals surface area contributed by atoms with E-state index < -0.39 is 42.3 Å². The summed E-state index contributed by atoms with van der Waals surface area (Å²) in [5, 5.41) is 2.46. The van der Waals surface area contributed by atoms with Crippen LogP contribution in [0, 0.1) is 11.6 Å². The van der Waals surface area contributed by atoms with Crippen LogP contribution in [0.1, 0.15) is 15.9 Å². The lowest BCUT2D eigenvalue weighted by molar-refractivity contribution is -0.124. The highest BCUT2D eigenvalue weighted by atomic mass is 19.3. The fourth-order valence-electron chi connectivity index (χ4n) is 2.13. The first-order valence-corrected chi connectivity index (χ1v) is 7.78. The summed E-state index contributed by atoms with van der Waals surface area (Å²) in [6, 6.07) is 8.76. The third kappa shape index (κ3) is 6.28. The fourth-order valence-corrected chi connectivity index (χ4v) is 2.13. The number of ether oxygens (including phenoxy) is 2. The molecule has 0 saturated heterocycles. The highest BCUT2D eigenvalue weighted by Crippen LogP contribution is 2.15. The molecule has 0 aliphatic carbocycles. The lowest BCUT2D eigenvalue weighted by atomic mass is 10.1. The summed E-state index contributed by atoms with van der Waals surface area (Å²) in [5.41, 5.74) is -0.112. The maximum Gasteiger partial charge on any atom is 0.387 e. The van der Waals surface area contributed by atoms with Gasteiger partial charge in [-0.1, -0.05) is 18.2 Å². The van der Waals surface area contributed by atoms with Crippen molar-refractivity contribution in [3.8, 4) is 5.75 Å². The van der Waals surface area contributed by atoms with Gasteiger partial charge in [0.05, 0.1) is 0 Å². The van der Waals surface area contributed by atoms with Crippen LogP contribution in [0.4, 0.5) is 17.6 Å². The summed E-state index contributed by atoms with van der Waals surface area (Å²) in [7, 11) is 0. The van der Waals surface area contributed by atoms with Crippen molar-refractivity contribution in [2.24, 2.45) is 0 Å². The molecule has 0 aliphatic heterocycles. The summed E-state index contributed by atoms with van der Waals surface area (Å²) in [4.78, 5) is 23.3. The Balaban J connectivity index is 1.74. The van der Waals surface area contributed by atoms with Gasteiger partial charge in [-0.15, -0.1) is 0 Å². The van der Waals surface area contributed by atoms with Crippen molar-refractivity contribution in [1.82, 2.24) is 5.32 Å². The Hall–Kier alpha value is -3.10. The van der Waals surface area contributed by atoms with Crippen LogP contribution in [-0.2, 0) is 16.0 Å². The highest BCUT2D eigenvalue weighted by Gasteiger charge is 2.19. The molecule has 0 atom stereocenters. The highest BCUT2D eigenvalue weighted by molar-refractivity contribution is 5.91. The average molecular weight is 385 g/mol. The minimum atomic E-state index is -2.91. The fraction of sp³-hybridized carbons (Fsp3) is 0.222. The molecule has 0 bridgehead atoms. The number of benzene rings is 2. The Bertz CT molecular complexity index is 776. The van der Waals surface area contributed by atoms with E-state index in [4.69, 9.17) is 0 Å². The summed E-state index contributed by atoms with van der Waals surface area (Å²) < 4.78 is 59.7. The van der Waals surface area contributed by atoms with Crippen molar-refractivity contribution >= 4 is 11.9 Å². The van der Waals surface area contributed by atoms with Gasteiger partial charge >= 0.3 is 12.6 Å². The van der Waals surface area contributed by atoms with Crippen LogP contribution < -0.4 is 10.1 Å². The number of hydrogen-bond acceptors (Lipinski definition) is 4. The monoisotopic (exact) mass is 385 g/mol. The number of amides is 1. The second-order valence-electron chi connectivity index (χ2n) is 5.30. The van der Waals surface area contributed by atoms with Crippen LogP contribution in [0.5, 0.6) is 5.75 Å². The van der Waals surface area contributed by atoms with Crippen LogP contribution in [0.2, 0.25) is 0 Å². The zero-order valence-corrected chi connectivity index (χ0v) is 13.9. The maximum absolute atomic E-state index is 13.4. The van der Waals surface area contributed by atoms with E-state index in [0.717, 1.165) is 23.8 Å². The zero-order valence-electron chi connectivity index (χ0n) is 13.9. The normalized spacial score (nSPS) is 10.6. The Kier molecular flexibility index (Phi) is 7.16. The van der Waals surface area contributed by atoms with Gasteiger partial charge in [0.2, 0.25) is 0 Å². The molecule has 0 aromatic heterocycles. The number of rotatable bonds is 8. The quantitative estimate of drug-likeness (QED) is 0.560. The van der Waals surface area contributed by atoms with E-state index in [9.17, 15) is 27.2 Å². The van der Waals surface area contributed by atoms with E-state index >= 15 is 0 Å². The van der Waals surface area contributed by atoms with Crippen LogP contribution in [0.25, 0.3) is 0 Å². The number of alkyl halides is 2. The summed E-state index contributed by atoms with van der Waals surface area (Å²) >= 11 is 0. The van der Waals surface area contributed by atoms with Crippen LogP contribution in [-0.4, -0.2) is 31.6 Å². The van der Waals surface area contributed by atoms with Gasteiger partial charge in [0.15, 0.2) is 6.61 Å². The predicted octanol–water partition coefficient (Wildman–Crippen LogP) is 3.08. The lowest BCUT2D eigenvalue weighted by Crippen LogP contribution is -2.30. The number of carbonyl (C=O) groups excluding carboxylic acids is 2. The predicted molar refractivity (Wildman–Crippen MR) is 86.4 cm³/mol. The number of nitrogens with one attached hydrogen (secondary N) is 1. The SMILES string of the molecule is O=C(COC(=O)c1c(F)cccc1F)NCCc1ccc(OC(F)F)cc1. The molecule has 0 saturated carbocycles. The van der Waals surface area contributed by atoms with E-state index in [1.807, 2.05) is 0 Å². The van der Waals surface area contributed by atoms with Gasteiger partial charge in [-0.3, -0.25) is 4.79 Å². The number of esters is 1. The van der Waals surface area contributed by atoms with Crippen LogP contribution >= 0.6 is 0 Å². The second kappa shape index (κ2) is 9.56. The smallest absolute Gasteiger partial charge is 0.387 e.